The van der Waals surface area contributed by atoms with Gasteiger partial charge in [0.1, 0.15) is 0 Å². The average molecular weight is 394 g/mol. The first kappa shape index (κ1) is 18.7. The summed E-state index contributed by atoms with van der Waals surface area (Å²) in [5.41, 5.74) is 3.49. The van der Waals surface area contributed by atoms with Gasteiger partial charge in [0, 0.05) is 23.7 Å². The molecule has 6 nitrogen and oxygen atoms in total. The predicted molar refractivity (Wildman–Crippen MR) is 102 cm³/mol. The third-order valence-corrected chi connectivity index (χ3v) is 5.71. The molecule has 1 saturated heterocycles. The maximum Gasteiger partial charge on any atom is 0.265 e. The van der Waals surface area contributed by atoms with E-state index in [1.807, 2.05) is 5.01 Å². The van der Waals surface area contributed by atoms with Gasteiger partial charge in [-0.05, 0) is 49.2 Å². The number of rotatable bonds is 5. The molecule has 0 aromatic heterocycles. The van der Waals surface area contributed by atoms with Gasteiger partial charge in [-0.25, -0.2) is 13.4 Å². The molecular formula is C18H20ClN3O3S. The molecule has 3 rings (SSSR count). The number of hydrazine groups is 1. The number of amides is 1. The van der Waals surface area contributed by atoms with E-state index in [4.69, 9.17) is 11.6 Å². The molecule has 0 saturated carbocycles. The van der Waals surface area contributed by atoms with Crippen LogP contribution in [-0.4, -0.2) is 32.4 Å². The number of carbonyl (C=O) groups excluding carboxylic acids is 1. The zero-order valence-corrected chi connectivity index (χ0v) is 15.7. The fourth-order valence-corrected chi connectivity index (χ4v) is 4.07. The fourth-order valence-electron chi connectivity index (χ4n) is 2.78. The summed E-state index contributed by atoms with van der Waals surface area (Å²) >= 11 is 5.89. The molecule has 2 N–H and O–H groups in total. The van der Waals surface area contributed by atoms with Gasteiger partial charge >= 0.3 is 0 Å². The van der Waals surface area contributed by atoms with Gasteiger partial charge in [-0.15, -0.1) is 0 Å². The zero-order valence-electron chi connectivity index (χ0n) is 14.1. The first-order valence-electron chi connectivity index (χ1n) is 8.38. The van der Waals surface area contributed by atoms with Crippen LogP contribution in [0.1, 0.15) is 29.6 Å². The third kappa shape index (κ3) is 4.75. The standard InChI is InChI=1S/C18H20ClN3O3S/c19-15-7-5-8-16(13-15)21-26(24,25)17-9-4-6-14(12-17)18(23)20-22-10-2-1-3-11-22/h4-9,12-13,21H,1-3,10-11H2,(H,20,23). The van der Waals surface area contributed by atoms with Gasteiger partial charge in [-0.2, -0.15) is 0 Å². The van der Waals surface area contributed by atoms with Gasteiger partial charge in [0.25, 0.3) is 15.9 Å². The highest BCUT2D eigenvalue weighted by Crippen LogP contribution is 2.20. The Hall–Kier alpha value is -2.09. The summed E-state index contributed by atoms with van der Waals surface area (Å²) < 4.78 is 27.6. The maximum absolute atomic E-state index is 12.6. The summed E-state index contributed by atoms with van der Waals surface area (Å²) in [6, 6.07) is 12.4. The van der Waals surface area contributed by atoms with Gasteiger partial charge in [0.05, 0.1) is 10.6 Å². The molecule has 0 bridgehead atoms. The number of sulfonamides is 1. The van der Waals surface area contributed by atoms with Crippen molar-refractivity contribution in [3.63, 3.8) is 0 Å². The van der Waals surface area contributed by atoms with Crippen LogP contribution in [0.25, 0.3) is 0 Å². The first-order chi connectivity index (χ1) is 12.4. The van der Waals surface area contributed by atoms with E-state index in [9.17, 15) is 13.2 Å². The summed E-state index contributed by atoms with van der Waals surface area (Å²) in [6.45, 7) is 1.61. The smallest absolute Gasteiger partial charge is 0.265 e. The molecule has 26 heavy (non-hydrogen) atoms. The number of anilines is 1. The van der Waals surface area contributed by atoms with Crippen molar-refractivity contribution in [2.75, 3.05) is 17.8 Å². The summed E-state index contributed by atoms with van der Waals surface area (Å²) in [4.78, 5) is 12.4. The van der Waals surface area contributed by atoms with Crippen molar-refractivity contribution in [1.29, 1.82) is 0 Å². The average Bonchev–Trinajstić information content (AvgIpc) is 2.62. The lowest BCUT2D eigenvalue weighted by molar-refractivity contribution is 0.0750. The Bertz CT molecular complexity index is 896. The lowest BCUT2D eigenvalue weighted by Gasteiger charge is -2.26. The minimum Gasteiger partial charge on any atom is -0.285 e. The molecule has 2 aromatic carbocycles. The molecule has 1 aliphatic heterocycles. The second-order valence-electron chi connectivity index (χ2n) is 6.13. The van der Waals surface area contributed by atoms with Crippen LogP contribution in [0.4, 0.5) is 5.69 Å². The van der Waals surface area contributed by atoms with Crippen molar-refractivity contribution >= 4 is 33.2 Å². The molecule has 1 aliphatic rings. The van der Waals surface area contributed by atoms with Crippen LogP contribution in [0, 0.1) is 0 Å². The first-order valence-corrected chi connectivity index (χ1v) is 10.2. The van der Waals surface area contributed by atoms with Crippen LogP contribution in [0.2, 0.25) is 5.02 Å². The van der Waals surface area contributed by atoms with Crippen LogP contribution in [0.15, 0.2) is 53.4 Å². The number of benzene rings is 2. The molecule has 1 heterocycles. The molecule has 0 radical (unpaired) electrons. The van der Waals surface area contributed by atoms with Crippen molar-refractivity contribution in [3.05, 3.63) is 59.1 Å². The van der Waals surface area contributed by atoms with Crippen LogP contribution in [0.3, 0.4) is 0 Å². The van der Waals surface area contributed by atoms with Crippen LogP contribution in [0.5, 0.6) is 0 Å². The molecule has 0 aliphatic carbocycles. The number of halogens is 1. The zero-order chi connectivity index (χ0) is 18.6. The van der Waals surface area contributed by atoms with Crippen molar-refractivity contribution in [1.82, 2.24) is 10.4 Å². The number of nitrogens with one attached hydrogen (secondary N) is 2. The maximum atomic E-state index is 12.6. The van der Waals surface area contributed by atoms with Crippen molar-refractivity contribution in [2.24, 2.45) is 0 Å². The lowest BCUT2D eigenvalue weighted by Crippen LogP contribution is -2.45. The van der Waals surface area contributed by atoms with Gasteiger partial charge in [-0.3, -0.25) is 14.9 Å². The number of nitrogens with zero attached hydrogens (tertiary/aromatic N) is 1. The minimum absolute atomic E-state index is 0.0174. The molecule has 2 aromatic rings. The van der Waals surface area contributed by atoms with E-state index in [-0.39, 0.29) is 10.8 Å². The van der Waals surface area contributed by atoms with Gasteiger partial charge < -0.3 is 0 Å². The summed E-state index contributed by atoms with van der Waals surface area (Å²) in [7, 11) is -3.82. The second kappa shape index (κ2) is 8.07. The van der Waals surface area contributed by atoms with Crippen molar-refractivity contribution in [2.45, 2.75) is 24.2 Å². The highest BCUT2D eigenvalue weighted by Gasteiger charge is 2.18. The van der Waals surface area contributed by atoms with Gasteiger partial charge in [0.2, 0.25) is 0 Å². The van der Waals surface area contributed by atoms with E-state index >= 15 is 0 Å². The molecule has 8 heteroatoms. The lowest BCUT2D eigenvalue weighted by atomic mass is 10.1. The Balaban J connectivity index is 1.76. The Kier molecular flexibility index (Phi) is 5.80. The third-order valence-electron chi connectivity index (χ3n) is 4.10. The number of hydrogen-bond donors (Lipinski definition) is 2. The van der Waals surface area contributed by atoms with E-state index in [0.717, 1.165) is 32.4 Å². The molecule has 0 spiro atoms. The molecular weight excluding hydrogens is 374 g/mol. The number of carbonyl (C=O) groups is 1. The van der Waals surface area contributed by atoms with E-state index in [0.29, 0.717) is 16.3 Å². The topological polar surface area (TPSA) is 78.5 Å². The van der Waals surface area contributed by atoms with Crippen molar-refractivity contribution < 1.29 is 13.2 Å². The Morgan fingerprint density at radius 1 is 1.00 bits per heavy atom. The van der Waals surface area contributed by atoms with E-state index in [2.05, 4.69) is 10.1 Å². The number of hydrogen-bond acceptors (Lipinski definition) is 4. The fraction of sp³-hybridized carbons (Fsp3) is 0.278. The van der Waals surface area contributed by atoms with E-state index < -0.39 is 10.0 Å². The van der Waals surface area contributed by atoms with Crippen LogP contribution in [-0.2, 0) is 10.0 Å². The second-order valence-corrected chi connectivity index (χ2v) is 8.25. The molecule has 138 valence electrons. The number of piperidine rings is 1. The largest absolute Gasteiger partial charge is 0.285 e. The quantitative estimate of drug-likeness (QED) is 0.817. The van der Waals surface area contributed by atoms with Crippen LogP contribution < -0.4 is 10.1 Å². The highest BCUT2D eigenvalue weighted by molar-refractivity contribution is 7.92. The minimum atomic E-state index is -3.82. The summed E-state index contributed by atoms with van der Waals surface area (Å²) in [5, 5.41) is 2.30. The SMILES string of the molecule is O=C(NN1CCCCC1)c1cccc(S(=O)(=O)Nc2cccc(Cl)c2)c1. The summed E-state index contributed by atoms with van der Waals surface area (Å²) in [5.74, 6) is -0.313. The van der Waals surface area contributed by atoms with E-state index in [1.165, 1.54) is 18.2 Å². The monoisotopic (exact) mass is 393 g/mol. The summed E-state index contributed by atoms with van der Waals surface area (Å²) in [6.07, 6.45) is 3.24. The highest BCUT2D eigenvalue weighted by atomic mass is 35.5. The molecule has 1 fully saturated rings. The molecule has 0 unspecified atom stereocenters. The Labute approximate surface area is 158 Å². The Morgan fingerprint density at radius 2 is 1.73 bits per heavy atom. The Morgan fingerprint density at radius 3 is 2.46 bits per heavy atom. The normalized spacial score (nSPS) is 15.4. The van der Waals surface area contributed by atoms with E-state index in [1.54, 1.807) is 30.3 Å². The predicted octanol–water partition coefficient (Wildman–Crippen LogP) is 3.27. The van der Waals surface area contributed by atoms with Crippen LogP contribution >= 0.6 is 11.6 Å². The molecule has 1 amide bonds. The van der Waals surface area contributed by atoms with Crippen molar-refractivity contribution in [3.8, 4) is 0 Å². The van der Waals surface area contributed by atoms with Gasteiger partial charge in [-0.1, -0.05) is 30.2 Å². The molecule has 0 atom stereocenters. The van der Waals surface area contributed by atoms with Gasteiger partial charge in [0.15, 0.2) is 0 Å².